The number of halogens is 1. The van der Waals surface area contributed by atoms with E-state index in [1.54, 1.807) is 0 Å². The molecule has 0 unspecified atom stereocenters. The first-order valence-corrected chi connectivity index (χ1v) is 11.0. The smallest absolute Gasteiger partial charge is 0.233 e. The number of benzene rings is 2. The molecule has 0 atom stereocenters. The second kappa shape index (κ2) is 10.4. The number of hydrogen-bond acceptors (Lipinski definition) is 7. The van der Waals surface area contributed by atoms with Crippen LogP contribution in [-0.2, 0) is 11.2 Å². The van der Waals surface area contributed by atoms with Gasteiger partial charge in [-0.05, 0) is 48.7 Å². The molecule has 0 radical (unpaired) electrons. The number of hydrogen-bond donors (Lipinski definition) is 2. The lowest BCUT2D eigenvalue weighted by atomic mass is 10.1. The van der Waals surface area contributed by atoms with E-state index in [0.29, 0.717) is 36.1 Å². The highest BCUT2D eigenvalue weighted by atomic mass is 35.5. The fraction of sp³-hybridized carbons (Fsp3) is 0.348. The molecule has 0 aliphatic carbocycles. The second-order valence-electron chi connectivity index (χ2n) is 7.44. The Morgan fingerprint density at radius 1 is 0.935 bits per heavy atom. The minimum atomic E-state index is 0.459. The number of aromatic nitrogens is 3. The average Bonchev–Trinajstić information content (AvgIpc) is 2.79. The first-order valence-electron chi connectivity index (χ1n) is 10.7. The van der Waals surface area contributed by atoms with Gasteiger partial charge < -0.3 is 20.3 Å². The Bertz CT molecular complexity index is 992. The van der Waals surface area contributed by atoms with Crippen molar-refractivity contribution in [3.05, 3.63) is 59.1 Å². The third-order valence-electron chi connectivity index (χ3n) is 5.03. The van der Waals surface area contributed by atoms with Gasteiger partial charge in [-0.15, -0.1) is 0 Å². The number of aryl methyl sites for hydroxylation is 1. The lowest BCUT2D eigenvalue weighted by Gasteiger charge is -2.27. The summed E-state index contributed by atoms with van der Waals surface area (Å²) >= 11 is 6.12. The van der Waals surface area contributed by atoms with Crippen molar-refractivity contribution >= 4 is 40.8 Å². The van der Waals surface area contributed by atoms with Crippen molar-refractivity contribution in [2.45, 2.75) is 26.2 Å². The van der Waals surface area contributed by atoms with E-state index in [-0.39, 0.29) is 0 Å². The van der Waals surface area contributed by atoms with Crippen LogP contribution in [0.5, 0.6) is 0 Å². The van der Waals surface area contributed by atoms with Gasteiger partial charge in [-0.2, -0.15) is 15.0 Å². The summed E-state index contributed by atoms with van der Waals surface area (Å²) in [5.41, 5.74) is 3.09. The van der Waals surface area contributed by atoms with Gasteiger partial charge in [0, 0.05) is 29.5 Å². The molecule has 2 heterocycles. The molecule has 4 rings (SSSR count). The largest absolute Gasteiger partial charge is 0.378 e. The number of morpholine rings is 1. The number of ether oxygens (including phenoxy) is 1. The summed E-state index contributed by atoms with van der Waals surface area (Å²) in [4.78, 5) is 16.0. The average molecular weight is 439 g/mol. The van der Waals surface area contributed by atoms with Gasteiger partial charge in [-0.1, -0.05) is 43.1 Å². The van der Waals surface area contributed by atoms with Gasteiger partial charge in [0.15, 0.2) is 0 Å². The Balaban J connectivity index is 1.57. The molecule has 0 spiro atoms. The van der Waals surface area contributed by atoms with E-state index in [0.717, 1.165) is 30.9 Å². The zero-order valence-electron chi connectivity index (χ0n) is 17.6. The molecule has 3 aromatic rings. The summed E-state index contributed by atoms with van der Waals surface area (Å²) in [5.74, 6) is 1.56. The van der Waals surface area contributed by atoms with Crippen LogP contribution >= 0.6 is 11.6 Å². The first kappa shape index (κ1) is 21.3. The van der Waals surface area contributed by atoms with Crippen molar-refractivity contribution in [1.82, 2.24) is 15.0 Å². The van der Waals surface area contributed by atoms with E-state index in [1.165, 1.54) is 18.4 Å². The quantitative estimate of drug-likeness (QED) is 0.501. The molecule has 1 aliphatic rings. The predicted molar refractivity (Wildman–Crippen MR) is 126 cm³/mol. The highest BCUT2D eigenvalue weighted by Crippen LogP contribution is 2.23. The molecule has 0 bridgehead atoms. The number of unbranched alkanes of at least 4 members (excludes halogenated alkanes) is 1. The Morgan fingerprint density at radius 3 is 2.32 bits per heavy atom. The van der Waals surface area contributed by atoms with E-state index >= 15 is 0 Å². The van der Waals surface area contributed by atoms with Gasteiger partial charge in [0.1, 0.15) is 0 Å². The second-order valence-corrected chi connectivity index (χ2v) is 7.88. The van der Waals surface area contributed by atoms with Crippen LogP contribution in [0.4, 0.5) is 29.2 Å². The van der Waals surface area contributed by atoms with Gasteiger partial charge >= 0.3 is 0 Å². The normalized spacial score (nSPS) is 13.8. The van der Waals surface area contributed by atoms with Crippen molar-refractivity contribution in [1.29, 1.82) is 0 Å². The topological polar surface area (TPSA) is 75.2 Å². The number of nitrogens with one attached hydrogen (secondary N) is 2. The fourth-order valence-electron chi connectivity index (χ4n) is 3.34. The zero-order chi connectivity index (χ0) is 21.5. The van der Waals surface area contributed by atoms with Crippen molar-refractivity contribution in [2.24, 2.45) is 0 Å². The minimum Gasteiger partial charge on any atom is -0.378 e. The minimum absolute atomic E-state index is 0.459. The molecule has 31 heavy (non-hydrogen) atoms. The van der Waals surface area contributed by atoms with Crippen molar-refractivity contribution in [2.75, 3.05) is 41.8 Å². The van der Waals surface area contributed by atoms with Crippen LogP contribution in [0.25, 0.3) is 0 Å². The molecule has 2 N–H and O–H groups in total. The molecule has 2 aromatic carbocycles. The summed E-state index contributed by atoms with van der Waals surface area (Å²) in [5, 5.41) is 7.20. The summed E-state index contributed by atoms with van der Waals surface area (Å²) < 4.78 is 5.47. The first-order chi connectivity index (χ1) is 15.2. The maximum Gasteiger partial charge on any atom is 0.233 e. The van der Waals surface area contributed by atoms with Crippen LogP contribution < -0.4 is 15.5 Å². The van der Waals surface area contributed by atoms with Crippen molar-refractivity contribution in [3.63, 3.8) is 0 Å². The van der Waals surface area contributed by atoms with Crippen LogP contribution in [0.3, 0.4) is 0 Å². The van der Waals surface area contributed by atoms with Crippen LogP contribution in [0.15, 0.2) is 48.5 Å². The monoisotopic (exact) mass is 438 g/mol. The summed E-state index contributed by atoms with van der Waals surface area (Å²) in [6.45, 7) is 5.01. The zero-order valence-corrected chi connectivity index (χ0v) is 18.4. The van der Waals surface area contributed by atoms with Gasteiger partial charge in [-0.3, -0.25) is 0 Å². The third-order valence-corrected chi connectivity index (χ3v) is 5.26. The fourth-order valence-corrected chi connectivity index (χ4v) is 3.53. The van der Waals surface area contributed by atoms with E-state index in [4.69, 9.17) is 16.3 Å². The van der Waals surface area contributed by atoms with Gasteiger partial charge in [-0.25, -0.2) is 0 Å². The Kier molecular flexibility index (Phi) is 7.17. The highest BCUT2D eigenvalue weighted by Gasteiger charge is 2.17. The maximum atomic E-state index is 6.12. The predicted octanol–water partition coefficient (Wildman–Crippen LogP) is 5.19. The Labute approximate surface area is 187 Å². The van der Waals surface area contributed by atoms with Gasteiger partial charge in [0.2, 0.25) is 17.8 Å². The van der Waals surface area contributed by atoms with Crippen LogP contribution in [0.1, 0.15) is 25.3 Å². The van der Waals surface area contributed by atoms with Gasteiger partial charge in [0.05, 0.1) is 13.2 Å². The SMILES string of the molecule is CCCCc1ccc(Nc2nc(Nc3cccc(Cl)c3)nc(N3CCOCC3)n2)cc1. The number of rotatable bonds is 8. The molecule has 1 aliphatic heterocycles. The van der Waals surface area contributed by atoms with Crippen LogP contribution in [0.2, 0.25) is 5.02 Å². The van der Waals surface area contributed by atoms with Crippen LogP contribution in [0, 0.1) is 0 Å². The number of anilines is 5. The van der Waals surface area contributed by atoms with Gasteiger partial charge in [0.25, 0.3) is 0 Å². The lowest BCUT2D eigenvalue weighted by Crippen LogP contribution is -2.37. The maximum absolute atomic E-state index is 6.12. The molecule has 7 nitrogen and oxygen atoms in total. The van der Waals surface area contributed by atoms with Crippen molar-refractivity contribution < 1.29 is 4.74 Å². The van der Waals surface area contributed by atoms with E-state index in [2.05, 4.69) is 61.7 Å². The molecule has 1 aromatic heterocycles. The highest BCUT2D eigenvalue weighted by molar-refractivity contribution is 6.30. The van der Waals surface area contributed by atoms with E-state index < -0.39 is 0 Å². The standard InChI is InChI=1S/C23H27ClN6O/c1-2-3-5-17-8-10-19(11-9-17)25-21-27-22(26-20-7-4-6-18(24)16-20)29-23(28-21)30-12-14-31-15-13-30/h4,6-11,16H,2-3,5,12-15H2,1H3,(H2,25,26,27,28,29). The Morgan fingerprint density at radius 2 is 1.65 bits per heavy atom. The molecule has 1 fully saturated rings. The molecular weight excluding hydrogens is 412 g/mol. The lowest BCUT2D eigenvalue weighted by molar-refractivity contribution is 0.122. The molecule has 162 valence electrons. The third kappa shape index (κ3) is 6.06. The van der Waals surface area contributed by atoms with E-state index in [9.17, 15) is 0 Å². The summed E-state index contributed by atoms with van der Waals surface area (Å²) in [6, 6.07) is 15.9. The molecular formula is C23H27ClN6O. The molecule has 0 amide bonds. The molecule has 8 heteroatoms. The van der Waals surface area contributed by atoms with E-state index in [1.807, 2.05) is 24.3 Å². The summed E-state index contributed by atoms with van der Waals surface area (Å²) in [7, 11) is 0. The molecule has 0 saturated carbocycles. The summed E-state index contributed by atoms with van der Waals surface area (Å²) in [6.07, 6.45) is 3.48. The number of nitrogens with zero attached hydrogens (tertiary/aromatic N) is 4. The molecule has 1 saturated heterocycles. The van der Waals surface area contributed by atoms with Crippen molar-refractivity contribution in [3.8, 4) is 0 Å². The van der Waals surface area contributed by atoms with Crippen LogP contribution in [-0.4, -0.2) is 41.3 Å². The Hall–Kier alpha value is -2.90.